The van der Waals surface area contributed by atoms with E-state index in [9.17, 15) is 19.5 Å². The Labute approximate surface area is 277 Å². The number of carbonyl (C=O) groups is 3. The van der Waals surface area contributed by atoms with Crippen LogP contribution in [-0.4, -0.2) is 78.2 Å². The van der Waals surface area contributed by atoms with E-state index in [0.717, 1.165) is 27.6 Å². The molecular formula is C36H35N7O5. The Hall–Kier alpha value is -5.75. The molecule has 4 amide bonds. The zero-order valence-corrected chi connectivity index (χ0v) is 26.4. The number of hydrazine groups is 1. The van der Waals surface area contributed by atoms with E-state index < -0.39 is 18.2 Å². The van der Waals surface area contributed by atoms with Gasteiger partial charge in [0.2, 0.25) is 11.8 Å². The number of aromatic hydroxyl groups is 1. The second-order valence-electron chi connectivity index (χ2n) is 12.1. The molecule has 2 N–H and O–H groups in total. The van der Waals surface area contributed by atoms with Crippen molar-refractivity contribution in [2.24, 2.45) is 0 Å². The molecule has 5 aromatic rings. The molecule has 0 aliphatic carbocycles. The van der Waals surface area contributed by atoms with Crippen molar-refractivity contribution in [3.05, 3.63) is 125 Å². The Kier molecular flexibility index (Phi) is 8.47. The van der Waals surface area contributed by atoms with Crippen LogP contribution in [0.1, 0.15) is 28.1 Å². The van der Waals surface area contributed by atoms with Gasteiger partial charge in [0.15, 0.2) is 5.76 Å². The van der Waals surface area contributed by atoms with Crippen LogP contribution < -0.4 is 5.32 Å². The normalized spacial score (nSPS) is 18.3. The molecular weight excluding hydrogens is 610 g/mol. The quantitative estimate of drug-likeness (QED) is 0.259. The summed E-state index contributed by atoms with van der Waals surface area (Å²) in [5.74, 6) is 0.0978. The van der Waals surface area contributed by atoms with Gasteiger partial charge in [0.05, 0.1) is 30.8 Å². The van der Waals surface area contributed by atoms with Crippen LogP contribution in [0.25, 0.3) is 10.9 Å². The van der Waals surface area contributed by atoms with Crippen LogP contribution in [0.4, 0.5) is 4.79 Å². The van der Waals surface area contributed by atoms with Gasteiger partial charge in [-0.2, -0.15) is 5.01 Å². The maximum Gasteiger partial charge on any atom is 0.334 e. The first-order valence-electron chi connectivity index (χ1n) is 15.8. The van der Waals surface area contributed by atoms with Gasteiger partial charge in [-0.1, -0.05) is 65.8 Å². The van der Waals surface area contributed by atoms with Crippen molar-refractivity contribution in [3.8, 4) is 5.75 Å². The van der Waals surface area contributed by atoms with Crippen molar-refractivity contribution >= 4 is 28.7 Å². The van der Waals surface area contributed by atoms with E-state index in [1.807, 2.05) is 67.6 Å². The minimum absolute atomic E-state index is 0.0813. The van der Waals surface area contributed by atoms with Crippen LogP contribution >= 0.6 is 0 Å². The minimum Gasteiger partial charge on any atom is -0.508 e. The van der Waals surface area contributed by atoms with Gasteiger partial charge in [0, 0.05) is 37.2 Å². The van der Waals surface area contributed by atoms with Crippen molar-refractivity contribution in [3.63, 3.8) is 0 Å². The highest BCUT2D eigenvalue weighted by molar-refractivity contribution is 5.92. The Bertz CT molecular complexity index is 1940. The van der Waals surface area contributed by atoms with Crippen LogP contribution in [0.3, 0.4) is 0 Å². The average molecular weight is 646 g/mol. The number of aromatic nitrogens is 2. The summed E-state index contributed by atoms with van der Waals surface area (Å²) in [5, 5.41) is 21.1. The number of piperazine rings is 1. The van der Waals surface area contributed by atoms with Gasteiger partial charge >= 0.3 is 6.03 Å². The van der Waals surface area contributed by atoms with Crippen LogP contribution in [0.2, 0.25) is 0 Å². The number of nitrogens with one attached hydrogen (secondary N) is 1. The SMILES string of the molecule is Cc1cc(CN2CC(=O)N3[C@@H](Cc4ccc(O)cc4)C(=O)N(Cc4cccc5ncccc45)C[C@@H]3N2C(=O)NCc2ccccc2)on1. The lowest BCUT2D eigenvalue weighted by molar-refractivity contribution is -0.193. The molecule has 0 unspecified atom stereocenters. The Morgan fingerprint density at radius 2 is 1.77 bits per heavy atom. The maximum atomic E-state index is 14.4. The third kappa shape index (κ3) is 6.29. The van der Waals surface area contributed by atoms with Crippen LogP contribution in [-0.2, 0) is 35.6 Å². The molecule has 48 heavy (non-hydrogen) atoms. The van der Waals surface area contributed by atoms with Crippen LogP contribution in [0.15, 0.2) is 102 Å². The maximum absolute atomic E-state index is 14.4. The number of fused-ring (bicyclic) bond motifs is 2. The number of aryl methyl sites for hydroxylation is 1. The van der Waals surface area contributed by atoms with Crippen LogP contribution in [0, 0.1) is 6.92 Å². The third-order valence-corrected chi connectivity index (χ3v) is 8.80. The predicted molar refractivity (Wildman–Crippen MR) is 176 cm³/mol. The molecule has 2 aliphatic rings. The number of phenols is 1. The number of benzene rings is 3. The molecule has 2 saturated heterocycles. The van der Waals surface area contributed by atoms with E-state index >= 15 is 0 Å². The van der Waals surface area contributed by atoms with Crippen molar-refractivity contribution in [1.82, 2.24) is 35.3 Å². The molecule has 0 saturated carbocycles. The molecule has 7 rings (SSSR count). The summed E-state index contributed by atoms with van der Waals surface area (Å²) in [5.41, 5.74) is 4.09. The number of hydrogen-bond donors (Lipinski definition) is 2. The summed E-state index contributed by atoms with van der Waals surface area (Å²) in [6, 6.07) is 26.3. The molecule has 2 aliphatic heterocycles. The molecule has 12 nitrogen and oxygen atoms in total. The largest absolute Gasteiger partial charge is 0.508 e. The summed E-state index contributed by atoms with van der Waals surface area (Å²) in [4.78, 5) is 50.5. The number of urea groups is 1. The van der Waals surface area contributed by atoms with Gasteiger partial charge in [-0.05, 0) is 47.9 Å². The number of rotatable bonds is 8. The number of nitrogens with zero attached hydrogens (tertiary/aromatic N) is 6. The van der Waals surface area contributed by atoms with E-state index in [4.69, 9.17) is 4.52 Å². The number of carbonyl (C=O) groups excluding carboxylic acids is 3. The smallest absolute Gasteiger partial charge is 0.334 e. The van der Waals surface area contributed by atoms with Crippen molar-refractivity contribution in [2.45, 2.75) is 45.2 Å². The second kappa shape index (κ2) is 13.2. The van der Waals surface area contributed by atoms with E-state index in [2.05, 4.69) is 15.5 Å². The lowest BCUT2D eigenvalue weighted by Gasteiger charge is -2.55. The van der Waals surface area contributed by atoms with Crippen molar-refractivity contribution in [2.75, 3.05) is 13.1 Å². The van der Waals surface area contributed by atoms with Gasteiger partial charge in [-0.3, -0.25) is 14.6 Å². The number of phenolic OH excluding ortho intramolecular Hbond substituents is 1. The molecule has 2 atom stereocenters. The lowest BCUT2D eigenvalue weighted by Crippen LogP contribution is -2.76. The standard InChI is InChI=1S/C36H35N7O5/c1-24-17-29(48-39-24)21-41-23-34(45)42-32(18-25-12-14-28(44)15-13-25)35(46)40(20-27-9-5-11-31-30(27)10-6-16-37-31)22-33(42)43(41)36(47)38-19-26-7-3-2-4-8-26/h2-17,32-33,44H,18-23H2,1H3,(H,38,47)/t32-,33-/m0/s1. The highest BCUT2D eigenvalue weighted by Crippen LogP contribution is 2.31. The average Bonchev–Trinajstić information content (AvgIpc) is 3.51. The first-order valence-corrected chi connectivity index (χ1v) is 15.8. The lowest BCUT2D eigenvalue weighted by atomic mass is 9.98. The fourth-order valence-electron chi connectivity index (χ4n) is 6.57. The zero-order chi connectivity index (χ0) is 33.2. The molecule has 0 radical (unpaired) electrons. The first-order chi connectivity index (χ1) is 23.3. The highest BCUT2D eigenvalue weighted by Gasteiger charge is 2.51. The minimum atomic E-state index is -0.895. The van der Waals surface area contributed by atoms with Crippen LogP contribution in [0.5, 0.6) is 5.75 Å². The third-order valence-electron chi connectivity index (χ3n) is 8.80. The fraction of sp³-hybridized carbons (Fsp3) is 0.250. The van der Waals surface area contributed by atoms with Gasteiger partial charge in [-0.15, -0.1) is 0 Å². The fourth-order valence-corrected chi connectivity index (χ4v) is 6.57. The summed E-state index contributed by atoms with van der Waals surface area (Å²) in [7, 11) is 0. The first kappa shape index (κ1) is 30.9. The van der Waals surface area contributed by atoms with E-state index in [-0.39, 0.29) is 56.7 Å². The number of amides is 4. The number of pyridine rings is 1. The Balaban J connectivity index is 1.27. The van der Waals surface area contributed by atoms with E-state index in [1.54, 1.807) is 56.3 Å². The molecule has 2 aromatic heterocycles. The summed E-state index contributed by atoms with van der Waals surface area (Å²) in [6.45, 7) is 2.40. The zero-order valence-electron chi connectivity index (χ0n) is 26.4. The predicted octanol–water partition coefficient (Wildman–Crippen LogP) is 3.99. The monoisotopic (exact) mass is 645 g/mol. The molecule has 244 valence electrons. The Morgan fingerprint density at radius 1 is 0.958 bits per heavy atom. The molecule has 12 heteroatoms. The van der Waals surface area contributed by atoms with Gasteiger partial charge < -0.3 is 24.7 Å². The van der Waals surface area contributed by atoms with Gasteiger partial charge in [-0.25, -0.2) is 9.80 Å². The molecule has 3 aromatic carbocycles. The van der Waals surface area contributed by atoms with Crippen molar-refractivity contribution in [1.29, 1.82) is 0 Å². The van der Waals surface area contributed by atoms with Gasteiger partial charge in [0.25, 0.3) is 0 Å². The topological polar surface area (TPSA) is 135 Å². The molecule has 0 spiro atoms. The van der Waals surface area contributed by atoms with E-state index in [0.29, 0.717) is 11.5 Å². The van der Waals surface area contributed by atoms with Gasteiger partial charge in [0.1, 0.15) is 18.0 Å². The van der Waals surface area contributed by atoms with E-state index in [1.165, 1.54) is 0 Å². The highest BCUT2D eigenvalue weighted by atomic mass is 16.5. The van der Waals surface area contributed by atoms with Crippen molar-refractivity contribution < 1.29 is 24.0 Å². The second-order valence-corrected chi connectivity index (χ2v) is 12.1. The summed E-state index contributed by atoms with van der Waals surface area (Å²) >= 11 is 0. The molecule has 2 fully saturated rings. The molecule has 0 bridgehead atoms. The molecule has 4 heterocycles. The summed E-state index contributed by atoms with van der Waals surface area (Å²) < 4.78 is 5.50. The Morgan fingerprint density at radius 3 is 2.54 bits per heavy atom. The summed E-state index contributed by atoms with van der Waals surface area (Å²) in [6.07, 6.45) is 1.11. The number of hydrogen-bond acceptors (Lipinski definition) is 8.